The molecule has 0 spiro atoms. The highest BCUT2D eigenvalue weighted by Crippen LogP contribution is 2.25. The normalized spacial score (nSPS) is 12.0. The van der Waals surface area contributed by atoms with E-state index < -0.39 is 18.5 Å². The van der Waals surface area contributed by atoms with E-state index in [9.17, 15) is 0 Å². The summed E-state index contributed by atoms with van der Waals surface area (Å²) in [6.45, 7) is 37.6. The van der Waals surface area contributed by atoms with E-state index in [1.165, 1.54) is 128 Å². The van der Waals surface area contributed by atoms with Crippen molar-refractivity contribution < 1.29 is 56.8 Å². The van der Waals surface area contributed by atoms with Gasteiger partial charge in [-0.05, 0) is 248 Å². The van der Waals surface area contributed by atoms with Crippen molar-refractivity contribution in [1.82, 2.24) is 63.8 Å². The molecule has 672 valence electrons. The molecule has 27 heteroatoms. The fourth-order valence-electron chi connectivity index (χ4n) is 11.4. The maximum absolute atomic E-state index is 6.38. The Balaban J connectivity index is -0.00000161. The first-order valence-electron chi connectivity index (χ1n) is 45.7. The van der Waals surface area contributed by atoms with Gasteiger partial charge < -0.3 is 138 Å². The van der Waals surface area contributed by atoms with E-state index in [0.717, 1.165) is 194 Å². The molecule has 18 N–H and O–H groups in total. The minimum absolute atomic E-state index is 0.356. The average molecular weight is 1600 g/mol. The lowest BCUT2D eigenvalue weighted by molar-refractivity contribution is -0.500. The fourth-order valence-corrected chi connectivity index (χ4v) is 11.4. The second kappa shape index (κ2) is 99.5. The minimum atomic E-state index is -1.56. The first-order chi connectivity index (χ1) is 54.7. The van der Waals surface area contributed by atoms with Gasteiger partial charge in [0, 0.05) is 65.4 Å². The smallest absolute Gasteiger partial charge is 0.329 e. The third-order valence-corrected chi connectivity index (χ3v) is 17.8. The number of ether oxygens (including phenoxy) is 12. The van der Waals surface area contributed by atoms with Crippen LogP contribution in [-0.4, -0.2) is 276 Å². The summed E-state index contributed by atoms with van der Waals surface area (Å²) in [5, 5.41) is 39.7. The van der Waals surface area contributed by atoms with E-state index in [0.29, 0.717) is 145 Å². The number of rotatable bonds is 96. The summed E-state index contributed by atoms with van der Waals surface area (Å²) < 4.78 is 74.1. The summed E-state index contributed by atoms with van der Waals surface area (Å²) in [5.41, 5.74) is 16.5. The van der Waals surface area contributed by atoms with Crippen LogP contribution in [0.1, 0.15) is 272 Å². The van der Waals surface area contributed by atoms with Crippen molar-refractivity contribution >= 4 is 0 Å². The number of hydrogen-bond acceptors (Lipinski definition) is 27. The van der Waals surface area contributed by atoms with Gasteiger partial charge in [0.15, 0.2) is 0 Å². The van der Waals surface area contributed by atoms with Gasteiger partial charge in [0.25, 0.3) is 0 Å². The highest BCUT2D eigenvalue weighted by atomic mass is 17.0. The fraction of sp³-hybridized carbons (Fsp3) is 1.00. The third kappa shape index (κ3) is 88.0. The topological polar surface area (TPSA) is 333 Å². The molecule has 0 aromatic carbocycles. The first kappa shape index (κ1) is 114. The van der Waals surface area contributed by atoms with Crippen LogP contribution in [0, 0.1) is 0 Å². The lowest BCUT2D eigenvalue weighted by Gasteiger charge is -2.32. The zero-order valence-electron chi connectivity index (χ0n) is 74.0. The van der Waals surface area contributed by atoms with Crippen LogP contribution in [0.5, 0.6) is 0 Å². The predicted molar refractivity (Wildman–Crippen MR) is 465 cm³/mol. The number of unbranched alkanes of at least 4 members (excludes halogenated alkanes) is 24. The SMILES string of the molecule is CCCNCCCCCCOC(OCCCCCCNCCC)(OCCCCCCNCCC)OCCCCCCNCCC.CCCNCCOC(OCCNCCN)(OCCNCCN)OCCNCCN.CNCCCCCCOC(OCCCCCCNC)(OCCCCCCNC)OCCCCCCNC. The van der Waals surface area contributed by atoms with Gasteiger partial charge in [0.1, 0.15) is 0 Å². The lowest BCUT2D eigenvalue weighted by atomic mass is 10.2. The van der Waals surface area contributed by atoms with Gasteiger partial charge in [0.2, 0.25) is 0 Å². The van der Waals surface area contributed by atoms with Crippen molar-refractivity contribution in [3.8, 4) is 0 Å². The van der Waals surface area contributed by atoms with Gasteiger partial charge in [-0.25, -0.2) is 0 Å². The Kier molecular flexibility index (Phi) is 102. The number of nitrogens with two attached hydrogens (primary N) is 3. The molecule has 111 heavy (non-hydrogen) atoms. The number of nitrogens with one attached hydrogen (secondary N) is 12. The maximum Gasteiger partial charge on any atom is 0.412 e. The molecule has 0 atom stereocenters. The molecule has 0 heterocycles. The molecule has 0 aliphatic rings. The molecular formula is C84H189N15O12. The summed E-state index contributed by atoms with van der Waals surface area (Å²) >= 11 is 0. The Morgan fingerprint density at radius 3 is 0.468 bits per heavy atom. The monoisotopic (exact) mass is 1600 g/mol. The molecule has 0 aliphatic heterocycles. The molecule has 27 nitrogen and oxygen atoms in total. The van der Waals surface area contributed by atoms with E-state index in [1.807, 2.05) is 28.2 Å². The van der Waals surface area contributed by atoms with Crippen molar-refractivity contribution in [3.63, 3.8) is 0 Å². The van der Waals surface area contributed by atoms with Gasteiger partial charge in [-0.3, -0.25) is 0 Å². The highest BCUT2D eigenvalue weighted by molar-refractivity contribution is 4.61. The van der Waals surface area contributed by atoms with E-state index in [-0.39, 0.29) is 0 Å². The Morgan fingerprint density at radius 1 is 0.162 bits per heavy atom. The summed E-state index contributed by atoms with van der Waals surface area (Å²) in [4.78, 5) is 0. The Bertz CT molecular complexity index is 1430. The second-order valence-electron chi connectivity index (χ2n) is 28.8. The Hall–Kier alpha value is -1.08. The summed E-state index contributed by atoms with van der Waals surface area (Å²) in [6.07, 6.45) is 37.8. The average Bonchev–Trinajstić information content (AvgIpc) is 0.885. The van der Waals surface area contributed by atoms with Crippen molar-refractivity contribution in [2.45, 2.75) is 291 Å². The molecule has 0 aliphatic carbocycles. The standard InChI is InChI=1S/C37H80N4O4.C29H64N4O4.C18H45N7O4/c1-5-25-38-29-17-9-13-21-33-42-37(43-34-22-14-10-18-30-39-26-6-2,44-35-23-15-11-19-31-40-27-7-3)45-36-24-16-12-20-32-41-28-8-4;1-30-21-13-5-9-17-25-34-29(35-26-18-10-6-14-22-31-2,36-27-19-11-7-15-23-32-3)37-28-20-12-8-16-24-33-4;1-2-6-22-10-14-26-18(27-15-11-23-7-3-19,28-16-12-24-8-4-20)29-17-13-25-9-5-21/h38-41H,5-36H2,1-4H3;30-33H,5-28H2,1-4H3;22-25H,2-17,19-21H2,1H3. The number of hydrogen-bond donors (Lipinski definition) is 15. The predicted octanol–water partition coefficient (Wildman–Crippen LogP) is 10.00. The van der Waals surface area contributed by atoms with Gasteiger partial charge in [-0.1, -0.05) is 137 Å². The molecule has 0 radical (unpaired) electrons. The summed E-state index contributed by atoms with van der Waals surface area (Å²) in [7, 11) is 8.02. The molecule has 0 rings (SSSR count). The second-order valence-corrected chi connectivity index (χ2v) is 28.8. The van der Waals surface area contributed by atoms with Gasteiger partial charge in [-0.2, -0.15) is 0 Å². The molecule has 0 unspecified atom stereocenters. The van der Waals surface area contributed by atoms with Crippen LogP contribution in [0.3, 0.4) is 0 Å². The molecule has 0 aromatic heterocycles. The van der Waals surface area contributed by atoms with Crippen molar-refractivity contribution in [2.75, 3.05) is 258 Å². The molecular weight excluding hydrogens is 1410 g/mol. The largest absolute Gasteiger partial charge is 0.412 e. The van der Waals surface area contributed by atoms with Crippen LogP contribution in [-0.2, 0) is 56.8 Å². The highest BCUT2D eigenvalue weighted by Gasteiger charge is 2.38. The first-order valence-corrected chi connectivity index (χ1v) is 45.7. The van der Waals surface area contributed by atoms with Crippen molar-refractivity contribution in [1.29, 1.82) is 0 Å². The summed E-state index contributed by atoms with van der Waals surface area (Å²) in [6, 6.07) is 0. The molecule has 0 saturated carbocycles. The van der Waals surface area contributed by atoms with Crippen molar-refractivity contribution in [3.05, 3.63) is 0 Å². The van der Waals surface area contributed by atoms with E-state index in [1.54, 1.807) is 0 Å². The van der Waals surface area contributed by atoms with Crippen LogP contribution in [0.4, 0.5) is 0 Å². The van der Waals surface area contributed by atoms with Crippen LogP contribution < -0.4 is 81.0 Å². The minimum Gasteiger partial charge on any atom is -0.329 e. The maximum atomic E-state index is 6.38. The van der Waals surface area contributed by atoms with Crippen molar-refractivity contribution in [2.24, 2.45) is 17.2 Å². The van der Waals surface area contributed by atoms with E-state index >= 15 is 0 Å². The molecule has 0 saturated heterocycles. The Labute approximate surface area is 683 Å². The van der Waals surface area contributed by atoms with Gasteiger partial charge in [-0.15, -0.1) is 0 Å². The van der Waals surface area contributed by atoms with Crippen LogP contribution in [0.2, 0.25) is 0 Å². The molecule has 0 aromatic rings. The molecule has 0 fully saturated rings. The van der Waals surface area contributed by atoms with Crippen LogP contribution in [0.25, 0.3) is 0 Å². The van der Waals surface area contributed by atoms with Crippen LogP contribution in [0.15, 0.2) is 0 Å². The summed E-state index contributed by atoms with van der Waals surface area (Å²) in [5.74, 6) is 0. The third-order valence-electron chi connectivity index (χ3n) is 17.8. The zero-order valence-corrected chi connectivity index (χ0v) is 74.0. The zero-order chi connectivity index (χ0) is 81.4. The lowest BCUT2D eigenvalue weighted by Crippen LogP contribution is -2.47. The van der Waals surface area contributed by atoms with E-state index in [4.69, 9.17) is 74.0 Å². The van der Waals surface area contributed by atoms with Gasteiger partial charge in [0.05, 0.1) is 79.3 Å². The van der Waals surface area contributed by atoms with Gasteiger partial charge >= 0.3 is 18.5 Å². The molecule has 0 bridgehead atoms. The quantitative estimate of drug-likeness (QED) is 0.0199. The van der Waals surface area contributed by atoms with E-state index in [2.05, 4.69) is 98.4 Å². The Morgan fingerprint density at radius 2 is 0.306 bits per heavy atom. The van der Waals surface area contributed by atoms with Crippen LogP contribution >= 0.6 is 0 Å². The molecule has 0 amide bonds.